The second-order valence-corrected chi connectivity index (χ2v) is 5.55. The van der Waals surface area contributed by atoms with Crippen LogP contribution in [0.5, 0.6) is 0 Å². The third-order valence-corrected chi connectivity index (χ3v) is 3.70. The number of hydrogen-bond acceptors (Lipinski definition) is 3. The van der Waals surface area contributed by atoms with Gasteiger partial charge in [0.25, 0.3) is 0 Å². The summed E-state index contributed by atoms with van der Waals surface area (Å²) in [4.78, 5) is 3.86. The first-order valence-electron chi connectivity index (χ1n) is 6.93. The van der Waals surface area contributed by atoms with Gasteiger partial charge >= 0.3 is 6.18 Å². The normalized spacial score (nSPS) is 11.4. The number of nitrogens with zero attached hydrogens (tertiary/aromatic N) is 2. The van der Waals surface area contributed by atoms with E-state index < -0.39 is 17.6 Å². The number of pyridine rings is 1. The van der Waals surface area contributed by atoms with E-state index in [1.807, 2.05) is 0 Å². The Morgan fingerprint density at radius 2 is 1.84 bits per heavy atom. The molecule has 3 rings (SSSR count). The number of nitrogens with one attached hydrogen (secondary N) is 1. The summed E-state index contributed by atoms with van der Waals surface area (Å²) >= 11 is 5.66. The molecule has 0 unspecified atom stereocenters. The molecule has 0 spiro atoms. The number of aromatic nitrogens is 1. The molecule has 0 atom stereocenters. The molecule has 0 radical (unpaired) electrons. The van der Waals surface area contributed by atoms with Gasteiger partial charge in [0.05, 0.1) is 16.9 Å². The average molecular weight is 366 g/mol. The maximum absolute atomic E-state index is 13.9. The molecule has 25 heavy (non-hydrogen) atoms. The summed E-state index contributed by atoms with van der Waals surface area (Å²) in [5.41, 5.74) is -1.33. The predicted molar refractivity (Wildman–Crippen MR) is 86.2 cm³/mol. The highest BCUT2D eigenvalue weighted by Crippen LogP contribution is 2.38. The van der Waals surface area contributed by atoms with Crippen LogP contribution in [0.25, 0.3) is 10.9 Å². The summed E-state index contributed by atoms with van der Waals surface area (Å²) in [6.07, 6.45) is -4.64. The lowest BCUT2D eigenvalue weighted by Gasteiger charge is -2.16. The lowest BCUT2D eigenvalue weighted by atomic mass is 10.1. The fraction of sp³-hybridized carbons (Fsp3) is 0.0588. The van der Waals surface area contributed by atoms with Gasteiger partial charge < -0.3 is 5.32 Å². The summed E-state index contributed by atoms with van der Waals surface area (Å²) in [5.74, 6) is -0.676. The summed E-state index contributed by atoms with van der Waals surface area (Å²) < 4.78 is 53.6. The van der Waals surface area contributed by atoms with Crippen molar-refractivity contribution < 1.29 is 17.6 Å². The number of fused-ring (bicyclic) bond motifs is 1. The van der Waals surface area contributed by atoms with Crippen LogP contribution in [-0.2, 0) is 6.18 Å². The van der Waals surface area contributed by atoms with Crippen LogP contribution in [0.15, 0.2) is 42.5 Å². The van der Waals surface area contributed by atoms with Crippen molar-refractivity contribution in [1.29, 1.82) is 5.26 Å². The van der Waals surface area contributed by atoms with E-state index in [4.69, 9.17) is 16.9 Å². The quantitative estimate of drug-likeness (QED) is 0.596. The van der Waals surface area contributed by atoms with Crippen molar-refractivity contribution in [1.82, 2.24) is 4.98 Å². The van der Waals surface area contributed by atoms with Crippen molar-refractivity contribution in [3.8, 4) is 6.07 Å². The highest BCUT2D eigenvalue weighted by Gasteiger charge is 2.34. The zero-order valence-corrected chi connectivity index (χ0v) is 13.1. The number of halogens is 5. The molecule has 0 aliphatic heterocycles. The van der Waals surface area contributed by atoms with Crippen molar-refractivity contribution in [2.45, 2.75) is 6.18 Å². The van der Waals surface area contributed by atoms with Gasteiger partial charge in [0.2, 0.25) is 0 Å². The first kappa shape index (κ1) is 17.0. The molecule has 8 heteroatoms. The summed E-state index contributed by atoms with van der Waals surface area (Å²) in [6, 6.07) is 10.3. The second kappa shape index (κ2) is 6.22. The average Bonchev–Trinajstić information content (AvgIpc) is 2.56. The highest BCUT2D eigenvalue weighted by atomic mass is 35.5. The van der Waals surface area contributed by atoms with Gasteiger partial charge in [-0.15, -0.1) is 0 Å². The molecule has 1 N–H and O–H groups in total. The lowest BCUT2D eigenvalue weighted by molar-refractivity contribution is -0.136. The van der Waals surface area contributed by atoms with Gasteiger partial charge in [0.15, 0.2) is 0 Å². The Morgan fingerprint density at radius 3 is 2.52 bits per heavy atom. The molecule has 0 aliphatic carbocycles. The third kappa shape index (κ3) is 3.35. The minimum atomic E-state index is -4.64. The van der Waals surface area contributed by atoms with E-state index in [2.05, 4.69) is 10.3 Å². The van der Waals surface area contributed by atoms with Gasteiger partial charge in [-0.3, -0.25) is 0 Å². The standard InChI is InChI=1S/C17H8ClF4N3/c18-9-4-5-14(12(6-9)17(20,21)22)25-15-7-10(8-23)24-16-11(15)2-1-3-13(16)19/h1-7H,(H,24,25). The SMILES string of the molecule is N#Cc1cc(Nc2ccc(Cl)cc2C(F)(F)F)c2cccc(F)c2n1. The molecule has 3 aromatic rings. The van der Waals surface area contributed by atoms with E-state index in [1.54, 1.807) is 6.07 Å². The Labute approximate surface area is 144 Å². The summed E-state index contributed by atoms with van der Waals surface area (Å²) in [5, 5.41) is 11.8. The van der Waals surface area contributed by atoms with Gasteiger partial charge in [-0.05, 0) is 30.3 Å². The first-order valence-corrected chi connectivity index (χ1v) is 7.30. The number of rotatable bonds is 2. The molecule has 0 saturated carbocycles. The van der Waals surface area contributed by atoms with E-state index in [1.165, 1.54) is 30.3 Å². The minimum absolute atomic E-state index is 0.0683. The maximum Gasteiger partial charge on any atom is 0.418 e. The molecule has 0 saturated heterocycles. The van der Waals surface area contributed by atoms with Gasteiger partial charge in [0.1, 0.15) is 23.1 Å². The Kier molecular flexibility index (Phi) is 4.23. The second-order valence-electron chi connectivity index (χ2n) is 5.12. The van der Waals surface area contributed by atoms with E-state index in [-0.39, 0.29) is 33.0 Å². The zero-order valence-electron chi connectivity index (χ0n) is 12.3. The van der Waals surface area contributed by atoms with Crippen LogP contribution in [0.1, 0.15) is 11.3 Å². The Bertz CT molecular complexity index is 1010. The molecule has 1 aromatic heterocycles. The van der Waals surface area contributed by atoms with Crippen LogP contribution >= 0.6 is 11.6 Å². The zero-order chi connectivity index (χ0) is 18.2. The van der Waals surface area contributed by atoms with Crippen molar-refractivity contribution in [2.24, 2.45) is 0 Å². The van der Waals surface area contributed by atoms with Crippen LogP contribution < -0.4 is 5.32 Å². The highest BCUT2D eigenvalue weighted by molar-refractivity contribution is 6.30. The monoisotopic (exact) mass is 365 g/mol. The maximum atomic E-state index is 13.9. The number of alkyl halides is 3. The molecule has 1 heterocycles. The van der Waals surface area contributed by atoms with E-state index in [9.17, 15) is 17.6 Å². The van der Waals surface area contributed by atoms with E-state index in [0.717, 1.165) is 12.1 Å². The van der Waals surface area contributed by atoms with Gasteiger partial charge in [-0.25, -0.2) is 9.37 Å². The smallest absolute Gasteiger partial charge is 0.354 e. The van der Waals surface area contributed by atoms with Gasteiger partial charge in [0, 0.05) is 10.4 Å². The van der Waals surface area contributed by atoms with Crippen molar-refractivity contribution in [3.05, 3.63) is 64.6 Å². The fourth-order valence-electron chi connectivity index (χ4n) is 2.38. The number of para-hydroxylation sites is 1. The topological polar surface area (TPSA) is 48.7 Å². The molecule has 0 amide bonds. The molecule has 2 aromatic carbocycles. The largest absolute Gasteiger partial charge is 0.418 e. The van der Waals surface area contributed by atoms with Crippen LogP contribution in [-0.4, -0.2) is 4.98 Å². The molecule has 0 fully saturated rings. The number of benzene rings is 2. The Hall–Kier alpha value is -2.85. The molecular weight excluding hydrogens is 358 g/mol. The van der Waals surface area contributed by atoms with Crippen molar-refractivity contribution in [2.75, 3.05) is 5.32 Å². The van der Waals surface area contributed by atoms with Crippen LogP contribution in [0.2, 0.25) is 5.02 Å². The Morgan fingerprint density at radius 1 is 1.08 bits per heavy atom. The Balaban J connectivity index is 2.20. The van der Waals surface area contributed by atoms with Crippen LogP contribution in [0.3, 0.4) is 0 Å². The van der Waals surface area contributed by atoms with Crippen molar-refractivity contribution >= 4 is 33.9 Å². The fourth-order valence-corrected chi connectivity index (χ4v) is 2.55. The minimum Gasteiger partial charge on any atom is -0.354 e. The molecule has 0 aliphatic rings. The van der Waals surface area contributed by atoms with E-state index in [0.29, 0.717) is 0 Å². The number of nitriles is 1. The van der Waals surface area contributed by atoms with Crippen LogP contribution in [0, 0.1) is 17.1 Å². The van der Waals surface area contributed by atoms with Gasteiger partial charge in [-0.1, -0.05) is 23.7 Å². The number of anilines is 2. The third-order valence-electron chi connectivity index (χ3n) is 3.46. The summed E-state index contributed by atoms with van der Waals surface area (Å²) in [6.45, 7) is 0. The first-order chi connectivity index (χ1) is 11.8. The van der Waals surface area contributed by atoms with E-state index >= 15 is 0 Å². The molecule has 126 valence electrons. The molecule has 3 nitrogen and oxygen atoms in total. The predicted octanol–water partition coefficient (Wildman–Crippen LogP) is 5.66. The van der Waals surface area contributed by atoms with Crippen LogP contribution in [0.4, 0.5) is 28.9 Å². The lowest BCUT2D eigenvalue weighted by Crippen LogP contribution is -2.09. The molecular formula is C17H8ClF4N3. The van der Waals surface area contributed by atoms with Gasteiger partial charge in [-0.2, -0.15) is 18.4 Å². The van der Waals surface area contributed by atoms with Crippen molar-refractivity contribution in [3.63, 3.8) is 0 Å². The molecule has 0 bridgehead atoms. The summed E-state index contributed by atoms with van der Waals surface area (Å²) in [7, 11) is 0. The number of hydrogen-bond donors (Lipinski definition) is 1.